The Morgan fingerprint density at radius 1 is 1.08 bits per heavy atom. The molecule has 0 saturated carbocycles. The van der Waals surface area contributed by atoms with Gasteiger partial charge in [-0.25, -0.2) is 0 Å². The molecule has 2 rings (SSSR count). The summed E-state index contributed by atoms with van der Waals surface area (Å²) in [6.45, 7) is 2.10. The van der Waals surface area contributed by atoms with Crippen LogP contribution in [0.5, 0.6) is 11.5 Å². The van der Waals surface area contributed by atoms with Gasteiger partial charge in [0.15, 0.2) is 11.5 Å². The lowest BCUT2D eigenvalue weighted by molar-refractivity contribution is -0.116. The molecule has 0 aliphatic heterocycles. The van der Waals surface area contributed by atoms with Crippen molar-refractivity contribution in [3.63, 3.8) is 0 Å². The van der Waals surface area contributed by atoms with E-state index in [-0.39, 0.29) is 5.91 Å². The summed E-state index contributed by atoms with van der Waals surface area (Å²) >= 11 is 1.72. The van der Waals surface area contributed by atoms with Gasteiger partial charge in [0.2, 0.25) is 5.91 Å². The number of hydrogen-bond acceptors (Lipinski definition) is 4. The summed E-state index contributed by atoms with van der Waals surface area (Å²) in [5, 5.41) is 3.00. The second-order valence-electron chi connectivity index (χ2n) is 5.17. The Morgan fingerprint density at radius 2 is 1.83 bits per heavy atom. The molecule has 2 aromatic carbocycles. The van der Waals surface area contributed by atoms with E-state index in [0.717, 1.165) is 21.9 Å². The molecule has 4 nitrogen and oxygen atoms in total. The van der Waals surface area contributed by atoms with Gasteiger partial charge in [-0.1, -0.05) is 25.1 Å². The second-order valence-corrected chi connectivity index (χ2v) is 6.47. The minimum absolute atomic E-state index is 0.00828. The molecule has 2 aromatic rings. The molecule has 1 N–H and O–H groups in total. The van der Waals surface area contributed by atoms with Crippen molar-refractivity contribution in [2.24, 2.45) is 0 Å². The van der Waals surface area contributed by atoms with E-state index in [1.807, 2.05) is 42.5 Å². The fourth-order valence-corrected chi connectivity index (χ4v) is 3.12. The van der Waals surface area contributed by atoms with E-state index in [9.17, 15) is 4.79 Å². The molecule has 24 heavy (non-hydrogen) atoms. The van der Waals surface area contributed by atoms with Crippen LogP contribution >= 0.6 is 11.8 Å². The number of amides is 1. The van der Waals surface area contributed by atoms with E-state index in [0.29, 0.717) is 24.3 Å². The average molecular weight is 345 g/mol. The van der Waals surface area contributed by atoms with Crippen LogP contribution < -0.4 is 14.8 Å². The zero-order valence-electron chi connectivity index (χ0n) is 14.3. The molecule has 0 aliphatic rings. The number of anilines is 1. The Hall–Kier alpha value is -2.14. The number of rotatable bonds is 8. The molecule has 5 heteroatoms. The molecule has 128 valence electrons. The third-order valence-corrected chi connectivity index (χ3v) is 4.51. The zero-order valence-corrected chi connectivity index (χ0v) is 15.1. The van der Waals surface area contributed by atoms with Crippen LogP contribution in [-0.2, 0) is 11.2 Å². The number of ether oxygens (including phenoxy) is 2. The standard InChI is InChI=1S/C19H23NO3S/c1-4-24-18-8-6-5-7-15(18)20-19(21)12-10-14-9-11-16(22-2)17(13-14)23-3/h5-9,11,13H,4,10,12H2,1-3H3,(H,20,21). The van der Waals surface area contributed by atoms with E-state index in [1.165, 1.54) is 0 Å². The van der Waals surface area contributed by atoms with Gasteiger partial charge < -0.3 is 14.8 Å². The fraction of sp³-hybridized carbons (Fsp3) is 0.316. The highest BCUT2D eigenvalue weighted by atomic mass is 32.2. The first kappa shape index (κ1) is 18.2. The van der Waals surface area contributed by atoms with Crippen molar-refractivity contribution in [3.8, 4) is 11.5 Å². The first-order chi connectivity index (χ1) is 11.7. The van der Waals surface area contributed by atoms with Gasteiger partial charge in [0.1, 0.15) is 0 Å². The van der Waals surface area contributed by atoms with Crippen molar-refractivity contribution in [1.29, 1.82) is 0 Å². The molecule has 0 bridgehead atoms. The third-order valence-electron chi connectivity index (χ3n) is 3.55. The molecule has 0 spiro atoms. The highest BCUT2D eigenvalue weighted by molar-refractivity contribution is 7.99. The van der Waals surface area contributed by atoms with E-state index in [1.54, 1.807) is 26.0 Å². The van der Waals surface area contributed by atoms with E-state index < -0.39 is 0 Å². The molecule has 0 radical (unpaired) electrons. The van der Waals surface area contributed by atoms with Crippen LogP contribution in [0.2, 0.25) is 0 Å². The van der Waals surface area contributed by atoms with Gasteiger partial charge in [-0.05, 0) is 42.0 Å². The Morgan fingerprint density at radius 3 is 2.54 bits per heavy atom. The zero-order chi connectivity index (χ0) is 17.4. The van der Waals surface area contributed by atoms with E-state index >= 15 is 0 Å². The van der Waals surface area contributed by atoms with Gasteiger partial charge in [0, 0.05) is 11.3 Å². The highest BCUT2D eigenvalue weighted by Crippen LogP contribution is 2.29. The molecular formula is C19H23NO3S. The SMILES string of the molecule is CCSc1ccccc1NC(=O)CCc1ccc(OC)c(OC)c1. The Labute approximate surface area is 147 Å². The minimum atomic E-state index is 0.00828. The monoisotopic (exact) mass is 345 g/mol. The summed E-state index contributed by atoms with van der Waals surface area (Å²) in [6.07, 6.45) is 1.07. The van der Waals surface area contributed by atoms with Crippen molar-refractivity contribution >= 4 is 23.4 Å². The van der Waals surface area contributed by atoms with Crippen molar-refractivity contribution in [3.05, 3.63) is 48.0 Å². The Balaban J connectivity index is 1.96. The molecule has 0 saturated heterocycles. The number of carbonyl (C=O) groups is 1. The predicted molar refractivity (Wildman–Crippen MR) is 99.3 cm³/mol. The van der Waals surface area contributed by atoms with Crippen molar-refractivity contribution in [1.82, 2.24) is 0 Å². The molecule has 0 aromatic heterocycles. The lowest BCUT2D eigenvalue weighted by Crippen LogP contribution is -2.13. The predicted octanol–water partition coefficient (Wildman–Crippen LogP) is 4.39. The van der Waals surface area contributed by atoms with Crippen LogP contribution in [-0.4, -0.2) is 25.9 Å². The van der Waals surface area contributed by atoms with Crippen LogP contribution in [0.3, 0.4) is 0 Å². The van der Waals surface area contributed by atoms with Gasteiger partial charge in [-0.2, -0.15) is 0 Å². The average Bonchev–Trinajstić information content (AvgIpc) is 2.61. The molecule has 0 unspecified atom stereocenters. The maximum atomic E-state index is 12.2. The van der Waals surface area contributed by atoms with E-state index in [2.05, 4.69) is 12.2 Å². The van der Waals surface area contributed by atoms with Crippen molar-refractivity contribution in [2.45, 2.75) is 24.7 Å². The molecule has 0 atom stereocenters. The fourth-order valence-electron chi connectivity index (χ4n) is 2.36. The molecule has 0 aliphatic carbocycles. The summed E-state index contributed by atoms with van der Waals surface area (Å²) in [5.41, 5.74) is 1.92. The summed E-state index contributed by atoms with van der Waals surface area (Å²) < 4.78 is 10.5. The lowest BCUT2D eigenvalue weighted by atomic mass is 10.1. The van der Waals surface area contributed by atoms with Gasteiger partial charge in [-0.15, -0.1) is 11.8 Å². The normalized spacial score (nSPS) is 10.3. The maximum absolute atomic E-state index is 12.2. The summed E-state index contributed by atoms with van der Waals surface area (Å²) in [5.74, 6) is 2.35. The van der Waals surface area contributed by atoms with Gasteiger partial charge in [0.25, 0.3) is 0 Å². The number of para-hydroxylation sites is 1. The first-order valence-electron chi connectivity index (χ1n) is 7.90. The van der Waals surface area contributed by atoms with Gasteiger partial charge in [-0.3, -0.25) is 4.79 Å². The topological polar surface area (TPSA) is 47.6 Å². The largest absolute Gasteiger partial charge is 0.493 e. The van der Waals surface area contributed by atoms with Crippen LogP contribution in [0, 0.1) is 0 Å². The van der Waals surface area contributed by atoms with Crippen LogP contribution in [0.25, 0.3) is 0 Å². The van der Waals surface area contributed by atoms with Gasteiger partial charge in [0.05, 0.1) is 19.9 Å². The molecule has 0 fully saturated rings. The number of thioether (sulfide) groups is 1. The third kappa shape index (κ3) is 4.93. The number of nitrogens with one attached hydrogen (secondary N) is 1. The quantitative estimate of drug-likeness (QED) is 0.721. The van der Waals surface area contributed by atoms with Gasteiger partial charge >= 0.3 is 0 Å². The summed E-state index contributed by atoms with van der Waals surface area (Å²) in [4.78, 5) is 13.3. The minimum Gasteiger partial charge on any atom is -0.493 e. The highest BCUT2D eigenvalue weighted by Gasteiger charge is 2.09. The maximum Gasteiger partial charge on any atom is 0.224 e. The Kier molecular flexibility index (Phi) is 7.00. The Bertz CT molecular complexity index is 688. The molecule has 0 heterocycles. The van der Waals surface area contributed by atoms with Crippen molar-refractivity contribution < 1.29 is 14.3 Å². The molecular weight excluding hydrogens is 322 g/mol. The summed E-state index contributed by atoms with van der Waals surface area (Å²) in [6, 6.07) is 13.6. The van der Waals surface area contributed by atoms with Crippen LogP contribution in [0.15, 0.2) is 47.4 Å². The molecule has 1 amide bonds. The van der Waals surface area contributed by atoms with Crippen molar-refractivity contribution in [2.75, 3.05) is 25.3 Å². The first-order valence-corrected chi connectivity index (χ1v) is 8.89. The smallest absolute Gasteiger partial charge is 0.224 e. The number of methoxy groups -OCH3 is 2. The van der Waals surface area contributed by atoms with Crippen LogP contribution in [0.4, 0.5) is 5.69 Å². The number of hydrogen-bond donors (Lipinski definition) is 1. The lowest BCUT2D eigenvalue weighted by Gasteiger charge is -2.11. The van der Waals surface area contributed by atoms with E-state index in [4.69, 9.17) is 9.47 Å². The number of aryl methyl sites for hydroxylation is 1. The summed E-state index contributed by atoms with van der Waals surface area (Å²) in [7, 11) is 3.22. The number of carbonyl (C=O) groups excluding carboxylic acids is 1. The number of benzene rings is 2. The second kappa shape index (κ2) is 9.23. The van der Waals surface area contributed by atoms with Crippen LogP contribution in [0.1, 0.15) is 18.9 Å².